The molecule has 4 rings (SSSR count). The molecule has 1 atom stereocenters. The van der Waals surface area contributed by atoms with E-state index < -0.39 is 0 Å². The second kappa shape index (κ2) is 5.26. The van der Waals surface area contributed by atoms with Crippen LogP contribution < -0.4 is 11.5 Å². The van der Waals surface area contributed by atoms with E-state index in [2.05, 4.69) is 19.8 Å². The van der Waals surface area contributed by atoms with Crippen LogP contribution in [0.3, 0.4) is 0 Å². The van der Waals surface area contributed by atoms with E-state index in [1.165, 1.54) is 11.7 Å². The summed E-state index contributed by atoms with van der Waals surface area (Å²) in [5.41, 5.74) is 18.0. The van der Waals surface area contributed by atoms with Crippen LogP contribution in [0.15, 0.2) is 18.2 Å². The Morgan fingerprint density at radius 3 is 2.91 bits per heavy atom. The molecule has 0 saturated carbocycles. The molecule has 0 aliphatic heterocycles. The minimum Gasteiger partial charge on any atom is -0.383 e. The van der Waals surface area contributed by atoms with Crippen LogP contribution in [-0.2, 0) is 12.8 Å². The quantitative estimate of drug-likeness (QED) is 0.708. The van der Waals surface area contributed by atoms with E-state index >= 15 is 0 Å². The second-order valence-corrected chi connectivity index (χ2v) is 6.28. The van der Waals surface area contributed by atoms with Crippen LogP contribution in [0.2, 0.25) is 0 Å². The first-order valence-corrected chi connectivity index (χ1v) is 8.10. The summed E-state index contributed by atoms with van der Waals surface area (Å²) in [6.07, 6.45) is 2.39. The maximum atomic E-state index is 9.57. The Hall–Kier alpha value is -2.56. The van der Waals surface area contributed by atoms with Crippen molar-refractivity contribution >= 4 is 28.6 Å². The average molecular weight is 322 g/mol. The number of nitriles is 1. The van der Waals surface area contributed by atoms with E-state index in [1.54, 1.807) is 0 Å². The summed E-state index contributed by atoms with van der Waals surface area (Å²) in [6, 6.07) is 8.12. The van der Waals surface area contributed by atoms with E-state index in [-0.39, 0.29) is 11.9 Å². The molecule has 7 heteroatoms. The van der Waals surface area contributed by atoms with Gasteiger partial charge in [-0.2, -0.15) is 14.0 Å². The molecule has 23 heavy (non-hydrogen) atoms. The Bertz CT molecular complexity index is 955. The lowest BCUT2D eigenvalue weighted by atomic mass is 9.84. The highest BCUT2D eigenvalue weighted by Crippen LogP contribution is 2.36. The van der Waals surface area contributed by atoms with Crippen LogP contribution in [0.4, 0.5) is 5.82 Å². The molecule has 0 saturated heterocycles. The van der Waals surface area contributed by atoms with Crippen molar-refractivity contribution in [2.75, 3.05) is 5.73 Å². The molecule has 1 aliphatic carbocycles. The number of fused-ring (bicyclic) bond motifs is 2. The van der Waals surface area contributed by atoms with E-state index in [0.717, 1.165) is 46.3 Å². The van der Waals surface area contributed by atoms with Gasteiger partial charge in [-0.3, -0.25) is 0 Å². The standard InChI is InChI=1S/C16H14N6S/c17-7-11-15(8-1-3-13-14(5-8)22-23-21-13)10-6-9(18)2-4-12(10)20-16(11)19/h1,3,5,9H,2,4,6,18H2,(H2,19,20)/t9-/m0/s1. The number of aromatic nitrogens is 3. The first-order valence-electron chi connectivity index (χ1n) is 7.37. The fourth-order valence-corrected chi connectivity index (χ4v) is 3.69. The van der Waals surface area contributed by atoms with Crippen LogP contribution in [0.25, 0.3) is 22.2 Å². The fourth-order valence-electron chi connectivity index (χ4n) is 3.17. The zero-order chi connectivity index (χ0) is 16.0. The van der Waals surface area contributed by atoms with Crippen LogP contribution >= 0.6 is 11.7 Å². The number of rotatable bonds is 1. The third-order valence-corrected chi connectivity index (χ3v) is 4.84. The Kier molecular flexibility index (Phi) is 3.22. The molecule has 2 heterocycles. The summed E-state index contributed by atoms with van der Waals surface area (Å²) in [7, 11) is 0. The minimum absolute atomic E-state index is 0.0860. The molecule has 0 amide bonds. The number of nitrogens with zero attached hydrogens (tertiary/aromatic N) is 4. The van der Waals surface area contributed by atoms with Gasteiger partial charge in [0, 0.05) is 17.3 Å². The predicted molar refractivity (Wildman–Crippen MR) is 89.8 cm³/mol. The third kappa shape index (κ3) is 2.23. The number of hydrogen-bond acceptors (Lipinski definition) is 7. The number of anilines is 1. The monoisotopic (exact) mass is 322 g/mol. The molecule has 0 fully saturated rings. The van der Waals surface area contributed by atoms with Gasteiger partial charge in [-0.05, 0) is 42.5 Å². The van der Waals surface area contributed by atoms with Crippen LogP contribution in [0.1, 0.15) is 23.2 Å². The number of nitrogen functional groups attached to an aromatic ring is 1. The molecule has 114 valence electrons. The van der Waals surface area contributed by atoms with E-state index in [4.69, 9.17) is 11.5 Å². The van der Waals surface area contributed by atoms with Crippen LogP contribution in [-0.4, -0.2) is 19.8 Å². The maximum absolute atomic E-state index is 9.57. The fraction of sp³-hybridized carbons (Fsp3) is 0.250. The number of hydrogen-bond donors (Lipinski definition) is 2. The Morgan fingerprint density at radius 2 is 2.09 bits per heavy atom. The van der Waals surface area contributed by atoms with Gasteiger partial charge in [-0.15, -0.1) is 0 Å². The maximum Gasteiger partial charge on any atom is 0.142 e. The Morgan fingerprint density at radius 1 is 1.26 bits per heavy atom. The van der Waals surface area contributed by atoms with Crippen LogP contribution in [0, 0.1) is 11.3 Å². The highest BCUT2D eigenvalue weighted by molar-refractivity contribution is 7.00. The van der Waals surface area contributed by atoms with Crippen molar-refractivity contribution in [1.82, 2.24) is 13.7 Å². The number of pyridine rings is 1. The van der Waals surface area contributed by atoms with Crippen molar-refractivity contribution < 1.29 is 0 Å². The lowest BCUT2D eigenvalue weighted by Gasteiger charge is -2.24. The number of aryl methyl sites for hydroxylation is 1. The summed E-state index contributed by atoms with van der Waals surface area (Å²) in [4.78, 5) is 4.43. The SMILES string of the molecule is N#Cc1c(N)nc2c(c1-c1ccc3nsnc3c1)C[C@@H](N)CC2. The molecule has 0 bridgehead atoms. The second-order valence-electron chi connectivity index (χ2n) is 5.75. The normalized spacial score (nSPS) is 17.0. The van der Waals surface area contributed by atoms with E-state index in [9.17, 15) is 5.26 Å². The molecule has 0 spiro atoms. The van der Waals surface area contributed by atoms with Crippen molar-refractivity contribution in [3.05, 3.63) is 35.0 Å². The van der Waals surface area contributed by atoms with Gasteiger partial charge >= 0.3 is 0 Å². The van der Waals surface area contributed by atoms with E-state index in [0.29, 0.717) is 12.0 Å². The summed E-state index contributed by atoms with van der Waals surface area (Å²) < 4.78 is 8.51. The van der Waals surface area contributed by atoms with Gasteiger partial charge in [0.15, 0.2) is 0 Å². The average Bonchev–Trinajstić information content (AvgIpc) is 3.01. The van der Waals surface area contributed by atoms with Gasteiger partial charge in [0.05, 0.1) is 11.7 Å². The van der Waals surface area contributed by atoms with Gasteiger partial charge in [0.1, 0.15) is 28.5 Å². The molecular formula is C16H14N6S. The summed E-state index contributed by atoms with van der Waals surface area (Å²) in [5, 5.41) is 9.57. The predicted octanol–water partition coefficient (Wildman–Crippen LogP) is 2.02. The van der Waals surface area contributed by atoms with Crippen molar-refractivity contribution in [2.45, 2.75) is 25.3 Å². The van der Waals surface area contributed by atoms with Crippen molar-refractivity contribution in [3.63, 3.8) is 0 Å². The van der Waals surface area contributed by atoms with Gasteiger partial charge < -0.3 is 11.5 Å². The first kappa shape index (κ1) is 14.1. The molecule has 2 aromatic heterocycles. The van der Waals surface area contributed by atoms with E-state index in [1.807, 2.05) is 18.2 Å². The van der Waals surface area contributed by atoms with Gasteiger partial charge in [-0.25, -0.2) is 4.98 Å². The highest BCUT2D eigenvalue weighted by Gasteiger charge is 2.25. The zero-order valence-corrected chi connectivity index (χ0v) is 13.1. The molecular weight excluding hydrogens is 308 g/mol. The minimum atomic E-state index is 0.0860. The topological polar surface area (TPSA) is 114 Å². The summed E-state index contributed by atoms with van der Waals surface area (Å²) >= 11 is 1.18. The third-order valence-electron chi connectivity index (χ3n) is 4.28. The summed E-state index contributed by atoms with van der Waals surface area (Å²) in [5.74, 6) is 0.285. The Labute approximate surface area is 137 Å². The smallest absolute Gasteiger partial charge is 0.142 e. The largest absolute Gasteiger partial charge is 0.383 e. The zero-order valence-electron chi connectivity index (χ0n) is 12.3. The van der Waals surface area contributed by atoms with Gasteiger partial charge in [0.2, 0.25) is 0 Å². The molecule has 1 aromatic carbocycles. The number of benzene rings is 1. The highest BCUT2D eigenvalue weighted by atomic mass is 32.1. The van der Waals surface area contributed by atoms with Crippen molar-refractivity contribution in [3.8, 4) is 17.2 Å². The Balaban J connectivity index is 2.02. The van der Waals surface area contributed by atoms with Crippen molar-refractivity contribution in [1.29, 1.82) is 5.26 Å². The molecule has 0 unspecified atom stereocenters. The summed E-state index contributed by atoms with van der Waals surface area (Å²) in [6.45, 7) is 0. The van der Waals surface area contributed by atoms with Crippen molar-refractivity contribution in [2.24, 2.45) is 5.73 Å². The lowest BCUT2D eigenvalue weighted by Crippen LogP contribution is -2.29. The lowest BCUT2D eigenvalue weighted by molar-refractivity contribution is 0.568. The molecule has 1 aliphatic rings. The van der Waals surface area contributed by atoms with Gasteiger partial charge in [0.25, 0.3) is 0 Å². The first-order chi connectivity index (χ1) is 11.2. The molecule has 3 aromatic rings. The molecule has 4 N–H and O–H groups in total. The van der Waals surface area contributed by atoms with Gasteiger partial charge in [-0.1, -0.05) is 6.07 Å². The van der Waals surface area contributed by atoms with Crippen LogP contribution in [0.5, 0.6) is 0 Å². The number of nitrogens with two attached hydrogens (primary N) is 2. The molecule has 6 nitrogen and oxygen atoms in total. The molecule has 0 radical (unpaired) electrons.